The summed E-state index contributed by atoms with van der Waals surface area (Å²) >= 11 is 0. The molecule has 23 heavy (non-hydrogen) atoms. The lowest BCUT2D eigenvalue weighted by molar-refractivity contribution is -0.150. The lowest BCUT2D eigenvalue weighted by atomic mass is 9.91. The summed E-state index contributed by atoms with van der Waals surface area (Å²) in [5, 5.41) is 0. The van der Waals surface area contributed by atoms with Crippen molar-refractivity contribution in [1.82, 2.24) is 0 Å². The SMILES string of the molecule is CCC(C)(C)C(=O)Oc1ccc(OCC(=O)OCC(F)F)cc1. The molecule has 1 aromatic carbocycles. The number of halogens is 2. The topological polar surface area (TPSA) is 61.8 Å². The highest BCUT2D eigenvalue weighted by molar-refractivity contribution is 5.78. The number of ether oxygens (including phenoxy) is 3. The van der Waals surface area contributed by atoms with E-state index in [2.05, 4.69) is 4.74 Å². The van der Waals surface area contributed by atoms with E-state index in [4.69, 9.17) is 9.47 Å². The fourth-order valence-corrected chi connectivity index (χ4v) is 1.33. The van der Waals surface area contributed by atoms with Gasteiger partial charge in [-0.25, -0.2) is 13.6 Å². The van der Waals surface area contributed by atoms with Gasteiger partial charge in [0, 0.05) is 0 Å². The predicted molar refractivity (Wildman–Crippen MR) is 78.6 cm³/mol. The van der Waals surface area contributed by atoms with Crippen LogP contribution in [0.25, 0.3) is 0 Å². The average Bonchev–Trinajstić information content (AvgIpc) is 2.52. The van der Waals surface area contributed by atoms with Gasteiger partial charge in [-0.3, -0.25) is 4.79 Å². The number of alkyl halides is 2. The van der Waals surface area contributed by atoms with Crippen molar-refractivity contribution in [2.24, 2.45) is 5.41 Å². The second-order valence-electron chi connectivity index (χ2n) is 5.46. The van der Waals surface area contributed by atoms with Gasteiger partial charge in [0.25, 0.3) is 6.43 Å². The van der Waals surface area contributed by atoms with Gasteiger partial charge in [-0.1, -0.05) is 6.92 Å². The number of rotatable bonds is 8. The molecule has 7 heteroatoms. The zero-order chi connectivity index (χ0) is 17.5. The molecule has 0 bridgehead atoms. The van der Waals surface area contributed by atoms with Crippen LogP contribution in [0.1, 0.15) is 27.2 Å². The normalized spacial score (nSPS) is 11.2. The summed E-state index contributed by atoms with van der Waals surface area (Å²) in [6, 6.07) is 6.04. The Morgan fingerprint density at radius 1 is 1.13 bits per heavy atom. The molecule has 0 N–H and O–H groups in total. The number of benzene rings is 1. The van der Waals surface area contributed by atoms with E-state index in [1.807, 2.05) is 6.92 Å². The van der Waals surface area contributed by atoms with Gasteiger partial charge in [-0.15, -0.1) is 0 Å². The number of carbonyl (C=O) groups is 2. The summed E-state index contributed by atoms with van der Waals surface area (Å²) in [7, 11) is 0. The highest BCUT2D eigenvalue weighted by Crippen LogP contribution is 2.24. The van der Waals surface area contributed by atoms with E-state index in [1.165, 1.54) is 24.3 Å². The highest BCUT2D eigenvalue weighted by atomic mass is 19.3. The summed E-state index contributed by atoms with van der Waals surface area (Å²) in [4.78, 5) is 23.0. The molecule has 128 valence electrons. The Kier molecular flexibility index (Phi) is 6.93. The molecule has 0 saturated heterocycles. The molecule has 0 radical (unpaired) electrons. The maximum atomic E-state index is 11.9. The Balaban J connectivity index is 2.48. The molecule has 0 atom stereocenters. The fourth-order valence-electron chi connectivity index (χ4n) is 1.33. The van der Waals surface area contributed by atoms with Gasteiger partial charge in [0.2, 0.25) is 0 Å². The minimum atomic E-state index is -2.71. The molecule has 0 aliphatic rings. The van der Waals surface area contributed by atoms with Gasteiger partial charge in [-0.05, 0) is 44.5 Å². The Morgan fingerprint density at radius 3 is 2.22 bits per heavy atom. The number of carbonyl (C=O) groups excluding carboxylic acids is 2. The smallest absolute Gasteiger partial charge is 0.344 e. The van der Waals surface area contributed by atoms with Gasteiger partial charge in [0.1, 0.15) is 11.5 Å². The average molecular weight is 330 g/mol. The van der Waals surface area contributed by atoms with Gasteiger partial charge in [0.15, 0.2) is 13.2 Å². The first-order valence-corrected chi connectivity index (χ1v) is 7.13. The Bertz CT molecular complexity index is 526. The monoisotopic (exact) mass is 330 g/mol. The first kappa shape index (κ1) is 18.9. The molecule has 0 aliphatic heterocycles. The molecule has 0 aliphatic carbocycles. The third kappa shape index (κ3) is 6.63. The second kappa shape index (κ2) is 8.45. The zero-order valence-electron chi connectivity index (χ0n) is 13.3. The summed E-state index contributed by atoms with van der Waals surface area (Å²) < 4.78 is 38.3. The first-order chi connectivity index (χ1) is 10.7. The standard InChI is InChI=1S/C16H20F2O5/c1-4-16(2,3)15(20)23-12-7-5-11(6-8-12)21-10-14(19)22-9-13(17)18/h5-8,13H,4,9-10H2,1-3H3. The van der Waals surface area contributed by atoms with E-state index in [1.54, 1.807) is 13.8 Å². The largest absolute Gasteiger partial charge is 0.482 e. The Labute approximate surface area is 133 Å². The van der Waals surface area contributed by atoms with E-state index in [9.17, 15) is 18.4 Å². The van der Waals surface area contributed by atoms with E-state index < -0.39 is 31.0 Å². The van der Waals surface area contributed by atoms with Crippen LogP contribution in [0.2, 0.25) is 0 Å². The van der Waals surface area contributed by atoms with Gasteiger partial charge in [0.05, 0.1) is 5.41 Å². The molecule has 0 aromatic heterocycles. The molecular weight excluding hydrogens is 310 g/mol. The molecule has 0 fully saturated rings. The van der Waals surface area contributed by atoms with Crippen LogP contribution in [-0.4, -0.2) is 31.6 Å². The van der Waals surface area contributed by atoms with Crippen LogP contribution in [0.4, 0.5) is 8.78 Å². The quantitative estimate of drug-likeness (QED) is 0.541. The van der Waals surface area contributed by atoms with Crippen LogP contribution >= 0.6 is 0 Å². The number of hydrogen-bond donors (Lipinski definition) is 0. The van der Waals surface area contributed by atoms with Crippen molar-refractivity contribution in [2.75, 3.05) is 13.2 Å². The molecule has 0 saturated carbocycles. The third-order valence-electron chi connectivity index (χ3n) is 3.20. The van der Waals surface area contributed by atoms with Gasteiger partial charge < -0.3 is 14.2 Å². The van der Waals surface area contributed by atoms with Crippen molar-refractivity contribution in [3.8, 4) is 11.5 Å². The molecule has 0 spiro atoms. The van der Waals surface area contributed by atoms with Crippen molar-refractivity contribution in [1.29, 1.82) is 0 Å². The van der Waals surface area contributed by atoms with Crippen molar-refractivity contribution < 1.29 is 32.6 Å². The van der Waals surface area contributed by atoms with Crippen LogP contribution < -0.4 is 9.47 Å². The molecule has 1 rings (SSSR count). The molecule has 1 aromatic rings. The maximum Gasteiger partial charge on any atom is 0.344 e. The van der Waals surface area contributed by atoms with Crippen molar-refractivity contribution in [2.45, 2.75) is 33.6 Å². The van der Waals surface area contributed by atoms with Crippen molar-refractivity contribution >= 4 is 11.9 Å². The van der Waals surface area contributed by atoms with Crippen molar-refractivity contribution in [3.63, 3.8) is 0 Å². The summed E-state index contributed by atoms with van der Waals surface area (Å²) in [5.74, 6) is -0.549. The lowest BCUT2D eigenvalue weighted by Crippen LogP contribution is -2.28. The molecule has 0 unspecified atom stereocenters. The summed E-state index contributed by atoms with van der Waals surface area (Å²) in [6.07, 6.45) is -2.06. The van der Waals surface area contributed by atoms with Gasteiger partial charge in [-0.2, -0.15) is 0 Å². The summed E-state index contributed by atoms with van der Waals surface area (Å²) in [6.45, 7) is 4.04. The van der Waals surface area contributed by atoms with Crippen LogP contribution in [0.5, 0.6) is 11.5 Å². The first-order valence-electron chi connectivity index (χ1n) is 7.13. The molecule has 0 amide bonds. The van der Waals surface area contributed by atoms with Crippen molar-refractivity contribution in [3.05, 3.63) is 24.3 Å². The Morgan fingerprint density at radius 2 is 1.70 bits per heavy atom. The summed E-state index contributed by atoms with van der Waals surface area (Å²) in [5.41, 5.74) is -0.580. The Hall–Kier alpha value is -2.18. The molecule has 5 nitrogen and oxygen atoms in total. The lowest BCUT2D eigenvalue weighted by Gasteiger charge is -2.20. The molecule has 0 heterocycles. The molecular formula is C16H20F2O5. The van der Waals surface area contributed by atoms with Gasteiger partial charge >= 0.3 is 11.9 Å². The third-order valence-corrected chi connectivity index (χ3v) is 3.20. The van der Waals surface area contributed by atoms with Crippen LogP contribution in [0.3, 0.4) is 0 Å². The number of hydrogen-bond acceptors (Lipinski definition) is 5. The fraction of sp³-hybridized carbons (Fsp3) is 0.500. The van der Waals surface area contributed by atoms with E-state index in [-0.39, 0.29) is 5.97 Å². The van der Waals surface area contributed by atoms with Crippen LogP contribution in [-0.2, 0) is 14.3 Å². The van der Waals surface area contributed by atoms with E-state index >= 15 is 0 Å². The minimum absolute atomic E-state index is 0.327. The number of esters is 2. The minimum Gasteiger partial charge on any atom is -0.482 e. The van der Waals surface area contributed by atoms with Crippen LogP contribution in [0, 0.1) is 5.41 Å². The zero-order valence-corrected chi connectivity index (χ0v) is 13.3. The van der Waals surface area contributed by atoms with E-state index in [0.717, 1.165) is 0 Å². The highest BCUT2D eigenvalue weighted by Gasteiger charge is 2.27. The maximum absolute atomic E-state index is 11.9. The van der Waals surface area contributed by atoms with E-state index in [0.29, 0.717) is 17.9 Å². The predicted octanol–water partition coefficient (Wildman–Crippen LogP) is 3.22. The second-order valence-corrected chi connectivity index (χ2v) is 5.46. The van der Waals surface area contributed by atoms with Crippen LogP contribution in [0.15, 0.2) is 24.3 Å².